The van der Waals surface area contributed by atoms with Crippen LogP contribution in [-0.2, 0) is 10.2 Å². The SMILES string of the molecule is COc1cc(C2(C(=O)O)CCCCC2)c(OC)cc1OC(C)C. The minimum absolute atomic E-state index is 0.0115. The molecular weight excluding hydrogens is 296 g/mol. The Morgan fingerprint density at radius 3 is 2.13 bits per heavy atom. The molecule has 0 radical (unpaired) electrons. The van der Waals surface area contributed by atoms with E-state index in [-0.39, 0.29) is 6.10 Å². The average Bonchev–Trinajstić information content (AvgIpc) is 2.54. The molecule has 0 saturated heterocycles. The number of ether oxygens (including phenoxy) is 3. The lowest BCUT2D eigenvalue weighted by molar-refractivity contribution is -0.145. The van der Waals surface area contributed by atoms with Gasteiger partial charge in [0, 0.05) is 11.6 Å². The van der Waals surface area contributed by atoms with Crippen molar-refractivity contribution in [1.82, 2.24) is 0 Å². The molecule has 0 aromatic heterocycles. The van der Waals surface area contributed by atoms with Crippen LogP contribution in [0.1, 0.15) is 51.5 Å². The molecule has 5 heteroatoms. The van der Waals surface area contributed by atoms with Crippen molar-refractivity contribution >= 4 is 5.97 Å². The Morgan fingerprint density at radius 1 is 1.04 bits per heavy atom. The quantitative estimate of drug-likeness (QED) is 0.863. The number of methoxy groups -OCH3 is 2. The second-order valence-electron chi connectivity index (χ2n) is 6.32. The molecule has 1 aromatic carbocycles. The molecule has 0 bridgehead atoms. The van der Waals surface area contributed by atoms with E-state index in [1.165, 1.54) is 0 Å². The number of carboxylic acids is 1. The maximum absolute atomic E-state index is 12.1. The minimum Gasteiger partial charge on any atom is -0.496 e. The van der Waals surface area contributed by atoms with E-state index in [1.54, 1.807) is 26.4 Å². The molecule has 2 rings (SSSR count). The van der Waals surface area contributed by atoms with Crippen LogP contribution in [0.15, 0.2) is 12.1 Å². The van der Waals surface area contributed by atoms with E-state index in [0.717, 1.165) is 19.3 Å². The lowest BCUT2D eigenvalue weighted by atomic mass is 9.69. The van der Waals surface area contributed by atoms with Gasteiger partial charge in [0.15, 0.2) is 11.5 Å². The van der Waals surface area contributed by atoms with E-state index in [4.69, 9.17) is 14.2 Å². The number of carboxylic acid groups (broad SMARTS) is 1. The van der Waals surface area contributed by atoms with Crippen molar-refractivity contribution < 1.29 is 24.1 Å². The van der Waals surface area contributed by atoms with Gasteiger partial charge in [-0.1, -0.05) is 19.3 Å². The zero-order valence-corrected chi connectivity index (χ0v) is 14.3. The maximum Gasteiger partial charge on any atom is 0.314 e. The van der Waals surface area contributed by atoms with Crippen LogP contribution >= 0.6 is 0 Å². The molecule has 1 aromatic rings. The van der Waals surface area contributed by atoms with Crippen LogP contribution in [0.5, 0.6) is 17.2 Å². The first kappa shape index (κ1) is 17.4. The summed E-state index contributed by atoms with van der Waals surface area (Å²) in [5.41, 5.74) is -0.229. The summed E-state index contributed by atoms with van der Waals surface area (Å²) in [6, 6.07) is 3.52. The van der Waals surface area contributed by atoms with E-state index in [2.05, 4.69) is 0 Å². The van der Waals surface area contributed by atoms with Crippen LogP contribution in [-0.4, -0.2) is 31.4 Å². The van der Waals surface area contributed by atoms with Crippen molar-refractivity contribution in [2.24, 2.45) is 0 Å². The van der Waals surface area contributed by atoms with Crippen molar-refractivity contribution in [3.8, 4) is 17.2 Å². The first-order valence-electron chi connectivity index (χ1n) is 8.11. The summed E-state index contributed by atoms with van der Waals surface area (Å²) in [5, 5.41) is 9.91. The fourth-order valence-corrected chi connectivity index (χ4v) is 3.34. The molecule has 0 unspecified atom stereocenters. The van der Waals surface area contributed by atoms with Gasteiger partial charge in [-0.3, -0.25) is 4.79 Å². The van der Waals surface area contributed by atoms with Gasteiger partial charge in [0.1, 0.15) is 5.75 Å². The van der Waals surface area contributed by atoms with Crippen LogP contribution in [0.2, 0.25) is 0 Å². The molecule has 1 N–H and O–H groups in total. The molecule has 1 saturated carbocycles. The third-order valence-corrected chi connectivity index (χ3v) is 4.48. The number of benzene rings is 1. The van der Waals surface area contributed by atoms with Gasteiger partial charge in [0.05, 0.1) is 25.7 Å². The third kappa shape index (κ3) is 3.38. The van der Waals surface area contributed by atoms with Crippen molar-refractivity contribution in [1.29, 1.82) is 0 Å². The van der Waals surface area contributed by atoms with Gasteiger partial charge < -0.3 is 19.3 Å². The predicted molar refractivity (Wildman–Crippen MR) is 87.7 cm³/mol. The summed E-state index contributed by atoms with van der Waals surface area (Å²) in [6.07, 6.45) is 4.11. The lowest BCUT2D eigenvalue weighted by Gasteiger charge is -2.35. The van der Waals surface area contributed by atoms with Gasteiger partial charge in [0.2, 0.25) is 0 Å². The molecular formula is C18H26O5. The van der Waals surface area contributed by atoms with Gasteiger partial charge in [0.25, 0.3) is 0 Å². The summed E-state index contributed by atoms with van der Waals surface area (Å²) in [7, 11) is 3.12. The van der Waals surface area contributed by atoms with Crippen LogP contribution < -0.4 is 14.2 Å². The van der Waals surface area contributed by atoms with E-state index >= 15 is 0 Å². The fraction of sp³-hybridized carbons (Fsp3) is 0.611. The fourth-order valence-electron chi connectivity index (χ4n) is 3.34. The number of rotatable bonds is 6. The molecule has 0 amide bonds. The first-order chi connectivity index (χ1) is 10.9. The molecule has 1 fully saturated rings. The van der Waals surface area contributed by atoms with Crippen molar-refractivity contribution in [2.75, 3.05) is 14.2 Å². The van der Waals surface area contributed by atoms with E-state index in [1.807, 2.05) is 13.8 Å². The smallest absolute Gasteiger partial charge is 0.314 e. The normalized spacial score (nSPS) is 16.9. The Morgan fingerprint density at radius 2 is 1.65 bits per heavy atom. The second-order valence-corrected chi connectivity index (χ2v) is 6.32. The predicted octanol–water partition coefficient (Wildman–Crippen LogP) is 3.78. The van der Waals surface area contributed by atoms with E-state index in [0.29, 0.717) is 35.7 Å². The zero-order valence-electron chi connectivity index (χ0n) is 14.3. The summed E-state index contributed by atoms with van der Waals surface area (Å²) >= 11 is 0. The monoisotopic (exact) mass is 322 g/mol. The highest BCUT2D eigenvalue weighted by molar-refractivity contribution is 5.83. The molecule has 0 aliphatic heterocycles. The molecule has 5 nitrogen and oxygen atoms in total. The Labute approximate surface area is 137 Å². The van der Waals surface area contributed by atoms with E-state index < -0.39 is 11.4 Å². The maximum atomic E-state index is 12.1. The summed E-state index contributed by atoms with van der Waals surface area (Å²) < 4.78 is 16.7. The Hall–Kier alpha value is -1.91. The Kier molecular flexibility index (Phi) is 5.39. The van der Waals surface area contributed by atoms with Crippen LogP contribution in [0.3, 0.4) is 0 Å². The Balaban J connectivity index is 2.57. The standard InChI is InChI=1S/C18H26O5/c1-12(2)23-16-11-14(21-3)13(10-15(16)22-4)18(17(19)20)8-6-5-7-9-18/h10-12H,5-9H2,1-4H3,(H,19,20). The topological polar surface area (TPSA) is 65.0 Å². The first-order valence-corrected chi connectivity index (χ1v) is 8.11. The van der Waals surface area contributed by atoms with Crippen LogP contribution in [0.4, 0.5) is 0 Å². The molecule has 1 aliphatic rings. The average molecular weight is 322 g/mol. The van der Waals surface area contributed by atoms with Crippen molar-refractivity contribution in [3.63, 3.8) is 0 Å². The van der Waals surface area contributed by atoms with Crippen LogP contribution in [0.25, 0.3) is 0 Å². The van der Waals surface area contributed by atoms with E-state index in [9.17, 15) is 9.90 Å². The number of hydrogen-bond donors (Lipinski definition) is 1. The van der Waals surface area contributed by atoms with Crippen molar-refractivity contribution in [3.05, 3.63) is 17.7 Å². The van der Waals surface area contributed by atoms with Crippen LogP contribution in [0, 0.1) is 0 Å². The zero-order chi connectivity index (χ0) is 17.0. The molecule has 128 valence electrons. The van der Waals surface area contributed by atoms with Gasteiger partial charge >= 0.3 is 5.97 Å². The second kappa shape index (κ2) is 7.11. The highest BCUT2D eigenvalue weighted by Gasteiger charge is 2.44. The highest BCUT2D eigenvalue weighted by Crippen LogP contribution is 2.47. The summed E-state index contributed by atoms with van der Waals surface area (Å²) in [5.74, 6) is 0.862. The Bertz CT molecular complexity index is 559. The van der Waals surface area contributed by atoms with Gasteiger partial charge in [-0.05, 0) is 32.8 Å². The molecule has 0 spiro atoms. The minimum atomic E-state index is -0.909. The highest BCUT2D eigenvalue weighted by atomic mass is 16.5. The van der Waals surface area contributed by atoms with Gasteiger partial charge in [-0.2, -0.15) is 0 Å². The molecule has 0 heterocycles. The molecule has 23 heavy (non-hydrogen) atoms. The third-order valence-electron chi connectivity index (χ3n) is 4.48. The number of carbonyl (C=O) groups is 1. The largest absolute Gasteiger partial charge is 0.496 e. The molecule has 1 aliphatic carbocycles. The lowest BCUT2D eigenvalue weighted by Crippen LogP contribution is -2.38. The van der Waals surface area contributed by atoms with Gasteiger partial charge in [-0.15, -0.1) is 0 Å². The van der Waals surface area contributed by atoms with Gasteiger partial charge in [-0.25, -0.2) is 0 Å². The summed E-state index contributed by atoms with van der Waals surface area (Å²) in [6.45, 7) is 3.86. The molecule has 0 atom stereocenters. The summed E-state index contributed by atoms with van der Waals surface area (Å²) in [4.78, 5) is 12.1. The number of aliphatic carboxylic acids is 1. The van der Waals surface area contributed by atoms with Crippen molar-refractivity contribution in [2.45, 2.75) is 57.5 Å². The number of hydrogen-bond acceptors (Lipinski definition) is 4.